The van der Waals surface area contributed by atoms with E-state index in [4.69, 9.17) is 11.6 Å². The van der Waals surface area contributed by atoms with E-state index < -0.39 is 0 Å². The van der Waals surface area contributed by atoms with Crippen LogP contribution in [-0.2, 0) is 11.3 Å². The third-order valence-corrected chi connectivity index (χ3v) is 3.83. The summed E-state index contributed by atoms with van der Waals surface area (Å²) in [6, 6.07) is 13.3. The van der Waals surface area contributed by atoms with Crippen LogP contribution >= 0.6 is 11.6 Å². The number of amides is 1. The van der Waals surface area contributed by atoms with Gasteiger partial charge in [0.1, 0.15) is 0 Å². The standard InChI is InChI=1S/C17H14ClN3O3/c18-11-5-7-12(8-6-11)19-15(22)9-10-21-17(24)14-4-2-1-3-13(14)16(23)20-21/h1-8H,9-10H2,(H,19,22)(H,20,23). The smallest absolute Gasteiger partial charge is 0.273 e. The van der Waals surface area contributed by atoms with E-state index in [-0.39, 0.29) is 30.0 Å². The zero-order chi connectivity index (χ0) is 17.1. The van der Waals surface area contributed by atoms with E-state index in [2.05, 4.69) is 10.4 Å². The lowest BCUT2D eigenvalue weighted by Gasteiger charge is -2.08. The van der Waals surface area contributed by atoms with Gasteiger partial charge in [-0.25, -0.2) is 4.68 Å². The monoisotopic (exact) mass is 343 g/mol. The second-order valence-electron chi connectivity index (χ2n) is 5.25. The largest absolute Gasteiger partial charge is 0.326 e. The van der Waals surface area contributed by atoms with Crippen molar-refractivity contribution < 1.29 is 4.79 Å². The van der Waals surface area contributed by atoms with Gasteiger partial charge in [-0.05, 0) is 36.4 Å². The second-order valence-corrected chi connectivity index (χ2v) is 5.68. The van der Waals surface area contributed by atoms with Gasteiger partial charge in [0, 0.05) is 17.1 Å². The number of nitrogens with zero attached hydrogens (tertiary/aromatic N) is 1. The fraction of sp³-hybridized carbons (Fsp3) is 0.118. The molecule has 1 amide bonds. The summed E-state index contributed by atoms with van der Waals surface area (Å²) < 4.78 is 1.16. The van der Waals surface area contributed by atoms with Gasteiger partial charge < -0.3 is 5.32 Å². The first-order chi connectivity index (χ1) is 11.5. The zero-order valence-electron chi connectivity index (χ0n) is 12.6. The molecule has 3 rings (SSSR count). The van der Waals surface area contributed by atoms with Crippen LogP contribution in [0.25, 0.3) is 10.8 Å². The van der Waals surface area contributed by atoms with E-state index in [0.29, 0.717) is 21.5 Å². The molecule has 0 aliphatic heterocycles. The summed E-state index contributed by atoms with van der Waals surface area (Å²) in [5.41, 5.74) is -0.0726. The molecule has 0 radical (unpaired) electrons. The molecule has 0 aliphatic rings. The molecule has 3 aromatic rings. The number of halogens is 1. The number of aryl methyl sites for hydroxylation is 1. The van der Waals surface area contributed by atoms with Crippen molar-refractivity contribution in [3.05, 3.63) is 74.3 Å². The molecule has 0 bridgehead atoms. The number of rotatable bonds is 4. The number of anilines is 1. The van der Waals surface area contributed by atoms with Gasteiger partial charge >= 0.3 is 0 Å². The third kappa shape index (κ3) is 3.38. The summed E-state index contributed by atoms with van der Waals surface area (Å²) in [7, 11) is 0. The van der Waals surface area contributed by atoms with E-state index in [1.807, 2.05) is 0 Å². The van der Waals surface area contributed by atoms with Gasteiger partial charge in [-0.2, -0.15) is 0 Å². The number of aromatic amines is 1. The molecule has 122 valence electrons. The number of benzene rings is 2. The molecule has 2 N–H and O–H groups in total. The van der Waals surface area contributed by atoms with Gasteiger partial charge in [0.15, 0.2) is 0 Å². The zero-order valence-corrected chi connectivity index (χ0v) is 13.3. The summed E-state index contributed by atoms with van der Waals surface area (Å²) >= 11 is 5.78. The average Bonchev–Trinajstić information content (AvgIpc) is 2.59. The first kappa shape index (κ1) is 16.0. The van der Waals surface area contributed by atoms with Crippen molar-refractivity contribution in [3.63, 3.8) is 0 Å². The number of aromatic nitrogens is 2. The Bertz CT molecular complexity index is 1010. The van der Waals surface area contributed by atoms with Gasteiger partial charge in [-0.1, -0.05) is 23.7 Å². The molecule has 1 heterocycles. The SMILES string of the molecule is O=C(CCn1[nH]c(=O)c2ccccc2c1=O)Nc1ccc(Cl)cc1. The van der Waals surface area contributed by atoms with E-state index in [1.165, 1.54) is 0 Å². The van der Waals surface area contributed by atoms with Gasteiger partial charge in [0.2, 0.25) is 5.91 Å². The fourth-order valence-corrected chi connectivity index (χ4v) is 2.50. The highest BCUT2D eigenvalue weighted by Crippen LogP contribution is 2.13. The van der Waals surface area contributed by atoms with Crippen molar-refractivity contribution in [3.8, 4) is 0 Å². The molecule has 0 atom stereocenters. The summed E-state index contributed by atoms with van der Waals surface area (Å²) in [5.74, 6) is -0.266. The van der Waals surface area contributed by atoms with Crippen LogP contribution in [0, 0.1) is 0 Å². The molecule has 6 nitrogen and oxygen atoms in total. The maximum atomic E-state index is 12.3. The van der Waals surface area contributed by atoms with Crippen molar-refractivity contribution >= 4 is 34.0 Å². The minimum absolute atomic E-state index is 0.0524. The Hall–Kier alpha value is -2.86. The lowest BCUT2D eigenvalue weighted by atomic mass is 10.2. The van der Waals surface area contributed by atoms with Gasteiger partial charge in [-0.3, -0.25) is 19.5 Å². The van der Waals surface area contributed by atoms with E-state index in [1.54, 1.807) is 48.5 Å². The molecule has 2 aromatic carbocycles. The highest BCUT2D eigenvalue weighted by Gasteiger charge is 2.08. The Morgan fingerprint density at radius 3 is 2.42 bits per heavy atom. The summed E-state index contributed by atoms with van der Waals surface area (Å²) in [6.07, 6.45) is 0.0524. The number of hydrogen-bond donors (Lipinski definition) is 2. The summed E-state index contributed by atoms with van der Waals surface area (Å²) in [6.45, 7) is 0.0817. The number of hydrogen-bond acceptors (Lipinski definition) is 3. The van der Waals surface area contributed by atoms with Crippen molar-refractivity contribution in [1.29, 1.82) is 0 Å². The Morgan fingerprint density at radius 1 is 1.04 bits per heavy atom. The molecule has 0 aliphatic carbocycles. The van der Waals surface area contributed by atoms with Crippen LogP contribution in [0.1, 0.15) is 6.42 Å². The quantitative estimate of drug-likeness (QED) is 0.762. The minimum Gasteiger partial charge on any atom is -0.326 e. The molecular weight excluding hydrogens is 330 g/mol. The van der Waals surface area contributed by atoms with Crippen LogP contribution in [0.4, 0.5) is 5.69 Å². The third-order valence-electron chi connectivity index (χ3n) is 3.57. The van der Waals surface area contributed by atoms with Crippen molar-refractivity contribution in [1.82, 2.24) is 9.78 Å². The Morgan fingerprint density at radius 2 is 1.71 bits per heavy atom. The molecular formula is C17H14ClN3O3. The highest BCUT2D eigenvalue weighted by atomic mass is 35.5. The molecule has 0 unspecified atom stereocenters. The van der Waals surface area contributed by atoms with E-state index in [0.717, 1.165) is 4.68 Å². The number of H-pyrrole nitrogens is 1. The van der Waals surface area contributed by atoms with Crippen LogP contribution in [0.3, 0.4) is 0 Å². The first-order valence-electron chi connectivity index (χ1n) is 7.32. The van der Waals surface area contributed by atoms with Crippen LogP contribution < -0.4 is 16.4 Å². The maximum absolute atomic E-state index is 12.3. The molecule has 0 saturated carbocycles. The maximum Gasteiger partial charge on any atom is 0.273 e. The predicted molar refractivity (Wildman–Crippen MR) is 93.5 cm³/mol. The van der Waals surface area contributed by atoms with Crippen molar-refractivity contribution in [2.24, 2.45) is 0 Å². The summed E-state index contributed by atoms with van der Waals surface area (Å²) in [5, 5.41) is 6.45. The Kier molecular flexibility index (Phi) is 4.48. The lowest BCUT2D eigenvalue weighted by Crippen LogP contribution is -2.31. The normalized spacial score (nSPS) is 10.7. The van der Waals surface area contributed by atoms with E-state index in [9.17, 15) is 14.4 Å². The fourth-order valence-electron chi connectivity index (χ4n) is 2.37. The van der Waals surface area contributed by atoms with E-state index >= 15 is 0 Å². The van der Waals surface area contributed by atoms with Gasteiger partial charge in [0.25, 0.3) is 11.1 Å². The number of fused-ring (bicyclic) bond motifs is 1. The predicted octanol–water partition coefficient (Wildman–Crippen LogP) is 2.37. The molecule has 0 spiro atoms. The molecule has 24 heavy (non-hydrogen) atoms. The molecule has 1 aromatic heterocycles. The van der Waals surface area contributed by atoms with Crippen LogP contribution in [-0.4, -0.2) is 15.7 Å². The van der Waals surface area contributed by atoms with Crippen LogP contribution in [0.15, 0.2) is 58.1 Å². The Balaban J connectivity index is 1.75. The van der Waals surface area contributed by atoms with Gasteiger partial charge in [-0.15, -0.1) is 0 Å². The number of nitrogens with one attached hydrogen (secondary N) is 2. The second kappa shape index (κ2) is 6.72. The average molecular weight is 344 g/mol. The lowest BCUT2D eigenvalue weighted by molar-refractivity contribution is -0.116. The number of carbonyl (C=O) groups excluding carboxylic acids is 1. The highest BCUT2D eigenvalue weighted by molar-refractivity contribution is 6.30. The van der Waals surface area contributed by atoms with Gasteiger partial charge in [0.05, 0.1) is 17.3 Å². The van der Waals surface area contributed by atoms with Crippen molar-refractivity contribution in [2.45, 2.75) is 13.0 Å². The topological polar surface area (TPSA) is 84.0 Å². The molecule has 0 fully saturated rings. The summed E-state index contributed by atoms with van der Waals surface area (Å²) in [4.78, 5) is 36.3. The minimum atomic E-state index is -0.358. The Labute approximate surface area is 141 Å². The van der Waals surface area contributed by atoms with Crippen molar-refractivity contribution in [2.75, 3.05) is 5.32 Å². The number of carbonyl (C=O) groups is 1. The molecule has 0 saturated heterocycles. The first-order valence-corrected chi connectivity index (χ1v) is 7.70. The van der Waals surface area contributed by atoms with Crippen LogP contribution in [0.2, 0.25) is 5.02 Å². The van der Waals surface area contributed by atoms with Crippen LogP contribution in [0.5, 0.6) is 0 Å². The molecule has 7 heteroatoms.